The lowest BCUT2D eigenvalue weighted by Gasteiger charge is -2.53. The summed E-state index contributed by atoms with van der Waals surface area (Å²) < 4.78 is 26.7. The fourth-order valence-electron chi connectivity index (χ4n) is 5.45. The monoisotopic (exact) mass is 379 g/mol. The Kier molecular flexibility index (Phi) is 5.41. The number of likely N-dealkylation sites (tertiary alicyclic amines) is 2. The van der Waals surface area contributed by atoms with Gasteiger partial charge in [0.05, 0.1) is 6.10 Å². The van der Waals surface area contributed by atoms with Crippen LogP contribution in [0.1, 0.15) is 32.1 Å². The summed E-state index contributed by atoms with van der Waals surface area (Å²) >= 11 is 0. The van der Waals surface area contributed by atoms with Gasteiger partial charge in [0.15, 0.2) is 11.6 Å². The number of aliphatic hydroxyl groups excluding tert-OH is 1. The molecule has 3 aliphatic heterocycles. The first-order chi connectivity index (χ1) is 13.0. The van der Waals surface area contributed by atoms with Crippen LogP contribution in [-0.2, 0) is 0 Å². The summed E-state index contributed by atoms with van der Waals surface area (Å²) in [6.07, 6.45) is 5.00. The van der Waals surface area contributed by atoms with Gasteiger partial charge in [0.25, 0.3) is 0 Å². The lowest BCUT2D eigenvalue weighted by molar-refractivity contribution is -0.0882. The van der Waals surface area contributed by atoms with Gasteiger partial charge in [-0.1, -0.05) is 0 Å². The molecule has 0 aromatic heterocycles. The van der Waals surface area contributed by atoms with Gasteiger partial charge in [-0.3, -0.25) is 4.90 Å². The van der Waals surface area contributed by atoms with E-state index in [2.05, 4.69) is 21.7 Å². The van der Waals surface area contributed by atoms with Crippen molar-refractivity contribution in [3.8, 4) is 0 Å². The molecule has 4 rings (SSSR count). The maximum Gasteiger partial charge on any atom is 0.160 e. The second-order valence-electron chi connectivity index (χ2n) is 8.80. The van der Waals surface area contributed by atoms with Crippen molar-refractivity contribution >= 4 is 5.69 Å². The standard InChI is InChI=1S/C21H31F2N3O/c1-24-10-7-20(27)21(14-24)8-2-9-26(15-21)16-5-11-25(12-6-16)17-3-4-18(22)19(23)13-17/h3-4,13,16,20,27H,2,5-12,14-15H2,1H3/t20-,21-/m0/s1. The topological polar surface area (TPSA) is 30.0 Å². The van der Waals surface area contributed by atoms with E-state index >= 15 is 0 Å². The van der Waals surface area contributed by atoms with Crippen LogP contribution in [0.5, 0.6) is 0 Å². The van der Waals surface area contributed by atoms with Crippen molar-refractivity contribution in [1.82, 2.24) is 9.80 Å². The number of aliphatic hydroxyl groups is 1. The van der Waals surface area contributed by atoms with Crippen LogP contribution in [-0.4, -0.2) is 73.4 Å². The Bertz CT molecular complexity index is 665. The summed E-state index contributed by atoms with van der Waals surface area (Å²) in [5, 5.41) is 10.7. The first-order valence-electron chi connectivity index (χ1n) is 10.3. The van der Waals surface area contributed by atoms with Crippen LogP contribution in [0.15, 0.2) is 18.2 Å². The van der Waals surface area contributed by atoms with E-state index in [0.29, 0.717) is 6.04 Å². The van der Waals surface area contributed by atoms with E-state index in [0.717, 1.165) is 77.1 Å². The molecule has 1 aromatic rings. The Balaban J connectivity index is 1.38. The smallest absolute Gasteiger partial charge is 0.160 e. The minimum absolute atomic E-state index is 0.0163. The van der Waals surface area contributed by atoms with Crippen molar-refractivity contribution in [2.75, 3.05) is 51.2 Å². The zero-order valence-corrected chi connectivity index (χ0v) is 16.2. The van der Waals surface area contributed by atoms with Gasteiger partial charge in [-0.05, 0) is 57.8 Å². The number of rotatable bonds is 2. The normalized spacial score (nSPS) is 31.6. The van der Waals surface area contributed by atoms with Gasteiger partial charge < -0.3 is 14.9 Å². The van der Waals surface area contributed by atoms with Gasteiger partial charge in [0.2, 0.25) is 0 Å². The molecule has 150 valence electrons. The summed E-state index contributed by atoms with van der Waals surface area (Å²) in [5.41, 5.74) is 0.787. The minimum Gasteiger partial charge on any atom is -0.392 e. The van der Waals surface area contributed by atoms with Crippen molar-refractivity contribution in [2.45, 2.75) is 44.2 Å². The predicted octanol–water partition coefficient (Wildman–Crippen LogP) is 2.71. The fourth-order valence-corrected chi connectivity index (χ4v) is 5.45. The number of hydrogen-bond acceptors (Lipinski definition) is 4. The second kappa shape index (κ2) is 7.64. The summed E-state index contributed by atoms with van der Waals surface area (Å²) in [6, 6.07) is 4.71. The van der Waals surface area contributed by atoms with Gasteiger partial charge in [0.1, 0.15) is 0 Å². The van der Waals surface area contributed by atoms with Crippen molar-refractivity contribution in [1.29, 1.82) is 0 Å². The molecule has 0 radical (unpaired) electrons. The minimum atomic E-state index is -0.789. The van der Waals surface area contributed by atoms with E-state index in [4.69, 9.17) is 0 Å². The zero-order chi connectivity index (χ0) is 19.0. The molecule has 0 amide bonds. The highest BCUT2D eigenvalue weighted by Crippen LogP contribution is 2.40. The quantitative estimate of drug-likeness (QED) is 0.856. The highest BCUT2D eigenvalue weighted by molar-refractivity contribution is 5.47. The second-order valence-corrected chi connectivity index (χ2v) is 8.80. The van der Waals surface area contributed by atoms with Crippen LogP contribution in [0.4, 0.5) is 14.5 Å². The Morgan fingerprint density at radius 2 is 1.78 bits per heavy atom. The van der Waals surface area contributed by atoms with Crippen LogP contribution in [0.2, 0.25) is 0 Å². The lowest BCUT2D eigenvalue weighted by atomic mass is 9.71. The van der Waals surface area contributed by atoms with E-state index < -0.39 is 11.6 Å². The maximum atomic E-state index is 13.5. The average molecular weight is 379 g/mol. The number of halogens is 2. The Morgan fingerprint density at radius 1 is 1.00 bits per heavy atom. The largest absolute Gasteiger partial charge is 0.392 e. The van der Waals surface area contributed by atoms with Crippen LogP contribution < -0.4 is 4.90 Å². The van der Waals surface area contributed by atoms with Crippen molar-refractivity contribution in [3.05, 3.63) is 29.8 Å². The van der Waals surface area contributed by atoms with E-state index in [-0.39, 0.29) is 11.5 Å². The highest BCUT2D eigenvalue weighted by Gasteiger charge is 2.45. The molecule has 2 atom stereocenters. The number of benzene rings is 1. The average Bonchev–Trinajstić information content (AvgIpc) is 2.67. The van der Waals surface area contributed by atoms with Crippen LogP contribution in [0.3, 0.4) is 0 Å². The number of piperidine rings is 3. The third-order valence-corrected chi connectivity index (χ3v) is 6.96. The third kappa shape index (κ3) is 3.84. The molecule has 1 spiro atoms. The SMILES string of the molecule is CN1CC[C@H](O)[C@@]2(CCCN(C3CCN(c4ccc(F)c(F)c4)CC3)C2)C1. The molecule has 3 saturated heterocycles. The molecule has 3 fully saturated rings. The maximum absolute atomic E-state index is 13.5. The molecule has 4 nitrogen and oxygen atoms in total. The summed E-state index contributed by atoms with van der Waals surface area (Å²) in [5.74, 6) is -1.56. The summed E-state index contributed by atoms with van der Waals surface area (Å²) in [6.45, 7) is 5.78. The zero-order valence-electron chi connectivity index (χ0n) is 16.2. The van der Waals surface area contributed by atoms with Crippen LogP contribution in [0, 0.1) is 17.0 Å². The van der Waals surface area contributed by atoms with Crippen molar-refractivity contribution in [3.63, 3.8) is 0 Å². The molecule has 3 aliphatic rings. The number of hydrogen-bond donors (Lipinski definition) is 1. The van der Waals surface area contributed by atoms with Gasteiger partial charge >= 0.3 is 0 Å². The number of anilines is 1. The van der Waals surface area contributed by atoms with E-state index in [1.54, 1.807) is 6.07 Å². The van der Waals surface area contributed by atoms with E-state index in [1.807, 2.05) is 0 Å². The molecule has 1 N–H and O–H groups in total. The van der Waals surface area contributed by atoms with Gasteiger partial charge in [-0.2, -0.15) is 0 Å². The van der Waals surface area contributed by atoms with Gasteiger partial charge in [-0.25, -0.2) is 8.78 Å². The molecule has 3 heterocycles. The Morgan fingerprint density at radius 3 is 2.52 bits per heavy atom. The van der Waals surface area contributed by atoms with Crippen LogP contribution >= 0.6 is 0 Å². The number of nitrogens with zero attached hydrogens (tertiary/aromatic N) is 3. The van der Waals surface area contributed by atoms with Gasteiger partial charge in [-0.15, -0.1) is 0 Å². The predicted molar refractivity (Wildman–Crippen MR) is 103 cm³/mol. The Hall–Kier alpha value is -1.24. The van der Waals surface area contributed by atoms with Crippen LogP contribution in [0.25, 0.3) is 0 Å². The van der Waals surface area contributed by atoms with E-state index in [9.17, 15) is 13.9 Å². The van der Waals surface area contributed by atoms with E-state index in [1.165, 1.54) is 12.1 Å². The molecule has 1 aromatic carbocycles. The third-order valence-electron chi connectivity index (χ3n) is 6.96. The highest BCUT2D eigenvalue weighted by atomic mass is 19.2. The molecular formula is C21H31F2N3O. The molecule has 27 heavy (non-hydrogen) atoms. The molecular weight excluding hydrogens is 348 g/mol. The molecule has 0 saturated carbocycles. The Labute approximate surface area is 160 Å². The lowest BCUT2D eigenvalue weighted by Crippen LogP contribution is -2.60. The summed E-state index contributed by atoms with van der Waals surface area (Å²) in [7, 11) is 2.16. The molecule has 0 aliphatic carbocycles. The van der Waals surface area contributed by atoms with Crippen molar-refractivity contribution in [2.24, 2.45) is 5.41 Å². The first-order valence-corrected chi connectivity index (χ1v) is 10.3. The molecule has 6 heteroatoms. The molecule has 0 unspecified atom stereocenters. The van der Waals surface area contributed by atoms with Crippen molar-refractivity contribution < 1.29 is 13.9 Å². The first kappa shape index (κ1) is 19.1. The molecule has 0 bridgehead atoms. The summed E-state index contributed by atoms with van der Waals surface area (Å²) in [4.78, 5) is 7.11. The van der Waals surface area contributed by atoms with Gasteiger partial charge in [0, 0.05) is 55.9 Å². The fraction of sp³-hybridized carbons (Fsp3) is 0.714.